The number of halogens is 1. The van der Waals surface area contributed by atoms with Crippen LogP contribution in [0.5, 0.6) is 0 Å². The molecule has 6 heteroatoms. The van der Waals surface area contributed by atoms with Gasteiger partial charge < -0.3 is 15.2 Å². The van der Waals surface area contributed by atoms with E-state index in [1.165, 1.54) is 7.11 Å². The Labute approximate surface area is 145 Å². The zero-order valence-electron chi connectivity index (χ0n) is 13.1. The summed E-state index contributed by atoms with van der Waals surface area (Å²) in [5.74, 6) is -1.62. The fourth-order valence-corrected chi connectivity index (χ4v) is 2.58. The number of methoxy groups -OCH3 is 1. The Kier molecular flexibility index (Phi) is 6.35. The third-order valence-electron chi connectivity index (χ3n) is 3.52. The predicted octanol–water partition coefficient (Wildman–Crippen LogP) is 2.84. The van der Waals surface area contributed by atoms with Gasteiger partial charge in [-0.15, -0.1) is 0 Å². The van der Waals surface area contributed by atoms with Crippen LogP contribution in [-0.4, -0.2) is 30.1 Å². The average Bonchev–Trinajstić information content (AvgIpc) is 2.56. The maximum atomic E-state index is 12.4. The standard InChI is InChI=1S/C18H18ClNO4/c1-24-16(13-7-3-2-4-8-13)17(21)20-15(18(22)23)11-12-6-5-9-14(19)10-12/h2-10,15-16H,11H2,1H3,(H,20,21)(H,22,23)/t15-,16-/m0/s1. The van der Waals surface area contributed by atoms with Gasteiger partial charge in [0.15, 0.2) is 6.10 Å². The predicted molar refractivity (Wildman–Crippen MR) is 90.9 cm³/mol. The zero-order chi connectivity index (χ0) is 17.5. The van der Waals surface area contributed by atoms with Crippen molar-refractivity contribution in [2.24, 2.45) is 0 Å². The monoisotopic (exact) mass is 347 g/mol. The van der Waals surface area contributed by atoms with E-state index in [0.717, 1.165) is 5.56 Å². The zero-order valence-corrected chi connectivity index (χ0v) is 13.9. The molecule has 0 saturated carbocycles. The third kappa shape index (κ3) is 4.81. The molecule has 0 unspecified atom stereocenters. The summed E-state index contributed by atoms with van der Waals surface area (Å²) in [6, 6.07) is 14.7. The molecule has 2 rings (SSSR count). The number of benzene rings is 2. The number of hydrogen-bond acceptors (Lipinski definition) is 3. The van der Waals surface area contributed by atoms with Gasteiger partial charge in [-0.2, -0.15) is 0 Å². The summed E-state index contributed by atoms with van der Waals surface area (Å²) in [5.41, 5.74) is 1.38. The van der Waals surface area contributed by atoms with Gasteiger partial charge in [0.2, 0.25) is 0 Å². The Morgan fingerprint density at radius 2 is 1.88 bits per heavy atom. The van der Waals surface area contributed by atoms with Crippen LogP contribution in [0.1, 0.15) is 17.2 Å². The summed E-state index contributed by atoms with van der Waals surface area (Å²) in [6.07, 6.45) is -0.736. The number of carbonyl (C=O) groups is 2. The fraction of sp³-hybridized carbons (Fsp3) is 0.222. The van der Waals surface area contributed by atoms with Gasteiger partial charge in [0.05, 0.1) is 0 Å². The van der Waals surface area contributed by atoms with Gasteiger partial charge in [-0.05, 0) is 23.3 Å². The molecule has 24 heavy (non-hydrogen) atoms. The molecule has 126 valence electrons. The van der Waals surface area contributed by atoms with Crippen molar-refractivity contribution < 1.29 is 19.4 Å². The second-order valence-electron chi connectivity index (χ2n) is 5.26. The smallest absolute Gasteiger partial charge is 0.326 e. The lowest BCUT2D eigenvalue weighted by Gasteiger charge is -2.20. The molecule has 0 radical (unpaired) electrons. The molecular weight excluding hydrogens is 330 g/mol. The summed E-state index contributed by atoms with van der Waals surface area (Å²) in [5, 5.41) is 12.4. The van der Waals surface area contributed by atoms with Crippen LogP contribution in [-0.2, 0) is 20.7 Å². The molecule has 1 amide bonds. The molecule has 2 atom stereocenters. The minimum absolute atomic E-state index is 0.132. The van der Waals surface area contributed by atoms with Gasteiger partial charge in [0, 0.05) is 18.6 Å². The van der Waals surface area contributed by atoms with Crippen LogP contribution >= 0.6 is 11.6 Å². The van der Waals surface area contributed by atoms with Crippen molar-refractivity contribution >= 4 is 23.5 Å². The average molecular weight is 348 g/mol. The van der Waals surface area contributed by atoms with E-state index in [1.807, 2.05) is 6.07 Å². The molecule has 5 nitrogen and oxygen atoms in total. The highest BCUT2D eigenvalue weighted by Gasteiger charge is 2.26. The summed E-state index contributed by atoms with van der Waals surface area (Å²) < 4.78 is 5.22. The molecule has 0 fully saturated rings. The summed E-state index contributed by atoms with van der Waals surface area (Å²) in [6.45, 7) is 0. The molecule has 0 bridgehead atoms. The minimum Gasteiger partial charge on any atom is -0.480 e. The quantitative estimate of drug-likeness (QED) is 0.807. The number of carboxylic acid groups (broad SMARTS) is 1. The lowest BCUT2D eigenvalue weighted by Crippen LogP contribution is -2.44. The highest BCUT2D eigenvalue weighted by atomic mass is 35.5. The Hall–Kier alpha value is -2.37. The normalized spacial score (nSPS) is 13.1. The van der Waals surface area contributed by atoms with Crippen LogP contribution in [0, 0.1) is 0 Å². The first-order chi connectivity index (χ1) is 11.5. The number of hydrogen-bond donors (Lipinski definition) is 2. The Morgan fingerprint density at radius 3 is 2.46 bits per heavy atom. The van der Waals surface area contributed by atoms with E-state index in [1.54, 1.807) is 48.5 Å². The number of ether oxygens (including phenoxy) is 1. The summed E-state index contributed by atoms with van der Waals surface area (Å²) >= 11 is 5.91. The van der Waals surface area contributed by atoms with E-state index >= 15 is 0 Å². The van der Waals surface area contributed by atoms with Gasteiger partial charge in [0.1, 0.15) is 6.04 Å². The number of carboxylic acids is 1. The lowest BCUT2D eigenvalue weighted by molar-refractivity contribution is -0.144. The number of amides is 1. The minimum atomic E-state index is -1.12. The molecule has 0 heterocycles. The molecule has 2 aromatic rings. The summed E-state index contributed by atoms with van der Waals surface area (Å²) in [4.78, 5) is 23.9. The molecular formula is C18H18ClNO4. The van der Waals surface area contributed by atoms with E-state index in [-0.39, 0.29) is 6.42 Å². The highest BCUT2D eigenvalue weighted by molar-refractivity contribution is 6.30. The van der Waals surface area contributed by atoms with Crippen molar-refractivity contribution in [3.8, 4) is 0 Å². The van der Waals surface area contributed by atoms with Crippen LogP contribution in [0.25, 0.3) is 0 Å². The Morgan fingerprint density at radius 1 is 1.17 bits per heavy atom. The maximum Gasteiger partial charge on any atom is 0.326 e. The van der Waals surface area contributed by atoms with Crippen molar-refractivity contribution in [2.45, 2.75) is 18.6 Å². The Balaban J connectivity index is 2.11. The van der Waals surface area contributed by atoms with Crippen molar-refractivity contribution in [2.75, 3.05) is 7.11 Å². The van der Waals surface area contributed by atoms with Crippen molar-refractivity contribution in [1.82, 2.24) is 5.32 Å². The van der Waals surface area contributed by atoms with E-state index in [9.17, 15) is 14.7 Å². The van der Waals surface area contributed by atoms with Crippen LogP contribution in [0.2, 0.25) is 5.02 Å². The lowest BCUT2D eigenvalue weighted by atomic mass is 10.0. The largest absolute Gasteiger partial charge is 0.480 e. The first kappa shape index (κ1) is 18.0. The second-order valence-corrected chi connectivity index (χ2v) is 5.70. The number of aliphatic carboxylic acids is 1. The van der Waals surface area contributed by atoms with Gasteiger partial charge >= 0.3 is 5.97 Å². The molecule has 0 aromatic heterocycles. The molecule has 2 N–H and O–H groups in total. The van der Waals surface area contributed by atoms with Crippen molar-refractivity contribution in [3.63, 3.8) is 0 Å². The number of rotatable bonds is 7. The van der Waals surface area contributed by atoms with E-state index < -0.39 is 24.0 Å². The van der Waals surface area contributed by atoms with Crippen LogP contribution in [0.4, 0.5) is 0 Å². The van der Waals surface area contributed by atoms with Gasteiger partial charge in [-0.3, -0.25) is 4.79 Å². The van der Waals surface area contributed by atoms with Gasteiger partial charge in [-0.1, -0.05) is 54.1 Å². The molecule has 0 aliphatic carbocycles. The van der Waals surface area contributed by atoms with Crippen molar-refractivity contribution in [3.05, 3.63) is 70.7 Å². The maximum absolute atomic E-state index is 12.4. The fourth-order valence-electron chi connectivity index (χ4n) is 2.37. The topological polar surface area (TPSA) is 75.6 Å². The molecule has 0 spiro atoms. The van der Waals surface area contributed by atoms with Crippen LogP contribution in [0.15, 0.2) is 54.6 Å². The Bertz CT molecular complexity index is 705. The van der Waals surface area contributed by atoms with Gasteiger partial charge in [0.25, 0.3) is 5.91 Å². The molecule has 0 aliphatic heterocycles. The van der Waals surface area contributed by atoms with E-state index in [4.69, 9.17) is 16.3 Å². The van der Waals surface area contributed by atoms with E-state index in [2.05, 4.69) is 5.32 Å². The van der Waals surface area contributed by atoms with Gasteiger partial charge in [-0.25, -0.2) is 4.79 Å². The highest BCUT2D eigenvalue weighted by Crippen LogP contribution is 2.17. The first-order valence-electron chi connectivity index (χ1n) is 7.36. The van der Waals surface area contributed by atoms with Crippen LogP contribution in [0.3, 0.4) is 0 Å². The first-order valence-corrected chi connectivity index (χ1v) is 7.74. The second kappa shape index (κ2) is 8.47. The van der Waals surface area contributed by atoms with E-state index in [0.29, 0.717) is 10.6 Å². The molecule has 2 aromatic carbocycles. The summed E-state index contributed by atoms with van der Waals surface area (Å²) in [7, 11) is 1.41. The number of carbonyl (C=O) groups excluding carboxylic acids is 1. The number of nitrogens with one attached hydrogen (secondary N) is 1. The van der Waals surface area contributed by atoms with Crippen LogP contribution < -0.4 is 5.32 Å². The third-order valence-corrected chi connectivity index (χ3v) is 3.75. The molecule has 0 saturated heterocycles. The van der Waals surface area contributed by atoms with Crippen molar-refractivity contribution in [1.29, 1.82) is 0 Å². The molecule has 0 aliphatic rings. The SMILES string of the molecule is CO[C@H](C(=O)N[C@@H](Cc1cccc(Cl)c1)C(=O)O)c1ccccc1.